The first-order valence-corrected chi connectivity index (χ1v) is 10.4. The van der Waals surface area contributed by atoms with Crippen LogP contribution in [0.1, 0.15) is 18.4 Å². The summed E-state index contributed by atoms with van der Waals surface area (Å²) in [6, 6.07) is 8.19. The maximum atomic E-state index is 12.2. The zero-order valence-corrected chi connectivity index (χ0v) is 16.4. The molecule has 1 amide bonds. The third-order valence-corrected chi connectivity index (χ3v) is 5.81. The SMILES string of the molecule is Cc1ccccc1-n1c(SCC(=O)NCC2CC2)nnc1N1CCOCC1. The molecule has 2 heterocycles. The van der Waals surface area contributed by atoms with Gasteiger partial charge in [-0.2, -0.15) is 0 Å². The molecule has 4 rings (SSSR count). The van der Waals surface area contributed by atoms with Gasteiger partial charge in [0.25, 0.3) is 0 Å². The maximum Gasteiger partial charge on any atom is 0.232 e. The van der Waals surface area contributed by atoms with E-state index in [-0.39, 0.29) is 5.91 Å². The first-order valence-electron chi connectivity index (χ1n) is 9.46. The van der Waals surface area contributed by atoms with Gasteiger partial charge in [0, 0.05) is 19.6 Å². The molecule has 0 radical (unpaired) electrons. The van der Waals surface area contributed by atoms with Gasteiger partial charge < -0.3 is 15.0 Å². The Kier molecular flexibility index (Phi) is 5.63. The average molecular weight is 388 g/mol. The van der Waals surface area contributed by atoms with Crippen LogP contribution in [0.25, 0.3) is 5.69 Å². The number of rotatable bonds is 7. The number of carbonyl (C=O) groups excluding carboxylic acids is 1. The Morgan fingerprint density at radius 3 is 2.78 bits per heavy atom. The standard InChI is InChI=1S/C19H25N5O2S/c1-14-4-2-3-5-16(14)24-18(23-8-10-26-11-9-23)21-22-19(24)27-13-17(25)20-12-15-6-7-15/h2-5,15H,6-13H2,1H3,(H,20,25). The summed E-state index contributed by atoms with van der Waals surface area (Å²) in [6.45, 7) is 5.82. The number of anilines is 1. The fourth-order valence-corrected chi connectivity index (χ4v) is 3.88. The molecule has 2 aromatic rings. The molecule has 1 saturated carbocycles. The highest BCUT2D eigenvalue weighted by Gasteiger charge is 2.24. The molecule has 1 aromatic heterocycles. The number of hydrogen-bond donors (Lipinski definition) is 1. The number of thioether (sulfide) groups is 1. The van der Waals surface area contributed by atoms with Crippen molar-refractivity contribution in [3.63, 3.8) is 0 Å². The summed E-state index contributed by atoms with van der Waals surface area (Å²) in [7, 11) is 0. The summed E-state index contributed by atoms with van der Waals surface area (Å²) in [5.41, 5.74) is 2.19. The number of nitrogens with zero attached hydrogens (tertiary/aromatic N) is 4. The van der Waals surface area contributed by atoms with E-state index in [0.29, 0.717) is 24.9 Å². The fourth-order valence-electron chi connectivity index (χ4n) is 3.11. The van der Waals surface area contributed by atoms with Crippen molar-refractivity contribution in [2.45, 2.75) is 24.9 Å². The second kappa shape index (κ2) is 8.31. The minimum absolute atomic E-state index is 0.0548. The Labute approximate surface area is 163 Å². The molecule has 0 spiro atoms. The molecule has 0 atom stereocenters. The first-order chi connectivity index (χ1) is 13.2. The largest absolute Gasteiger partial charge is 0.378 e. The van der Waals surface area contributed by atoms with Crippen molar-refractivity contribution >= 4 is 23.6 Å². The number of nitrogens with one attached hydrogen (secondary N) is 1. The number of ether oxygens (including phenoxy) is 1. The van der Waals surface area contributed by atoms with Crippen LogP contribution in [0.2, 0.25) is 0 Å². The molecule has 1 aliphatic heterocycles. The molecule has 1 N–H and O–H groups in total. The molecule has 1 saturated heterocycles. The van der Waals surface area contributed by atoms with Gasteiger partial charge in [0.2, 0.25) is 11.9 Å². The van der Waals surface area contributed by atoms with E-state index >= 15 is 0 Å². The van der Waals surface area contributed by atoms with Crippen LogP contribution >= 0.6 is 11.8 Å². The molecule has 2 fully saturated rings. The number of aryl methyl sites for hydroxylation is 1. The van der Waals surface area contributed by atoms with Gasteiger partial charge in [0.1, 0.15) is 0 Å². The number of hydrogen-bond acceptors (Lipinski definition) is 6. The van der Waals surface area contributed by atoms with E-state index in [0.717, 1.165) is 42.0 Å². The minimum atomic E-state index is 0.0548. The molecule has 8 heteroatoms. The highest BCUT2D eigenvalue weighted by Crippen LogP contribution is 2.29. The fraction of sp³-hybridized carbons (Fsp3) is 0.526. The lowest BCUT2D eigenvalue weighted by atomic mass is 10.2. The van der Waals surface area contributed by atoms with Crippen molar-refractivity contribution in [3.05, 3.63) is 29.8 Å². The number of carbonyl (C=O) groups is 1. The van der Waals surface area contributed by atoms with E-state index in [1.807, 2.05) is 12.1 Å². The quantitative estimate of drug-likeness (QED) is 0.733. The van der Waals surface area contributed by atoms with Crippen molar-refractivity contribution in [2.75, 3.05) is 43.5 Å². The van der Waals surface area contributed by atoms with Gasteiger partial charge in [-0.1, -0.05) is 30.0 Å². The molecule has 0 unspecified atom stereocenters. The van der Waals surface area contributed by atoms with E-state index in [1.54, 1.807) is 0 Å². The van der Waals surface area contributed by atoms with Gasteiger partial charge in [-0.05, 0) is 37.3 Å². The third-order valence-electron chi connectivity index (χ3n) is 4.88. The second-order valence-corrected chi connectivity index (χ2v) is 7.98. The van der Waals surface area contributed by atoms with Crippen LogP contribution in [-0.2, 0) is 9.53 Å². The molecular formula is C19H25N5O2S. The summed E-state index contributed by atoms with van der Waals surface area (Å²) in [4.78, 5) is 14.4. The normalized spacial score (nSPS) is 17.1. The summed E-state index contributed by atoms with van der Waals surface area (Å²) in [5.74, 6) is 1.90. The Balaban J connectivity index is 1.55. The van der Waals surface area contributed by atoms with E-state index in [4.69, 9.17) is 4.74 Å². The number of para-hydroxylation sites is 1. The van der Waals surface area contributed by atoms with Crippen molar-refractivity contribution in [2.24, 2.45) is 5.92 Å². The minimum Gasteiger partial charge on any atom is -0.378 e. The summed E-state index contributed by atoms with van der Waals surface area (Å²) < 4.78 is 7.54. The molecular weight excluding hydrogens is 362 g/mol. The van der Waals surface area contributed by atoms with Crippen LogP contribution in [0.3, 0.4) is 0 Å². The van der Waals surface area contributed by atoms with Gasteiger partial charge in [-0.15, -0.1) is 10.2 Å². The van der Waals surface area contributed by atoms with Crippen molar-refractivity contribution in [3.8, 4) is 5.69 Å². The van der Waals surface area contributed by atoms with Gasteiger partial charge in [0.15, 0.2) is 5.16 Å². The van der Waals surface area contributed by atoms with Crippen LogP contribution < -0.4 is 10.2 Å². The van der Waals surface area contributed by atoms with Crippen LogP contribution in [0.15, 0.2) is 29.4 Å². The van der Waals surface area contributed by atoms with Crippen molar-refractivity contribution in [1.29, 1.82) is 0 Å². The van der Waals surface area contributed by atoms with Gasteiger partial charge in [0.05, 0.1) is 24.7 Å². The highest BCUT2D eigenvalue weighted by atomic mass is 32.2. The van der Waals surface area contributed by atoms with Crippen molar-refractivity contribution < 1.29 is 9.53 Å². The first kappa shape index (κ1) is 18.3. The van der Waals surface area contributed by atoms with Crippen LogP contribution in [0.4, 0.5) is 5.95 Å². The predicted molar refractivity (Wildman–Crippen MR) is 106 cm³/mol. The molecule has 2 aliphatic rings. The van der Waals surface area contributed by atoms with Crippen molar-refractivity contribution in [1.82, 2.24) is 20.1 Å². The smallest absolute Gasteiger partial charge is 0.232 e. The average Bonchev–Trinajstić information content (AvgIpc) is 3.44. The monoisotopic (exact) mass is 387 g/mol. The zero-order chi connectivity index (χ0) is 18.6. The molecule has 0 bridgehead atoms. The predicted octanol–water partition coefficient (Wildman–Crippen LogP) is 2.03. The molecule has 144 valence electrons. The molecule has 7 nitrogen and oxygen atoms in total. The summed E-state index contributed by atoms with van der Waals surface area (Å²) in [5, 5.41) is 12.6. The number of morpholine rings is 1. The second-order valence-electron chi connectivity index (χ2n) is 7.04. The molecule has 27 heavy (non-hydrogen) atoms. The Hall–Kier alpha value is -2.06. The Morgan fingerprint density at radius 2 is 2.04 bits per heavy atom. The zero-order valence-electron chi connectivity index (χ0n) is 15.6. The maximum absolute atomic E-state index is 12.2. The highest BCUT2D eigenvalue weighted by molar-refractivity contribution is 7.99. The van der Waals surface area contributed by atoms with Crippen LogP contribution in [0, 0.1) is 12.8 Å². The number of amides is 1. The van der Waals surface area contributed by atoms with E-state index in [2.05, 4.69) is 44.0 Å². The number of aromatic nitrogens is 3. The van der Waals surface area contributed by atoms with Gasteiger partial charge in [-0.3, -0.25) is 9.36 Å². The molecule has 1 aliphatic carbocycles. The lowest BCUT2D eigenvalue weighted by Gasteiger charge is -2.28. The van der Waals surface area contributed by atoms with Gasteiger partial charge in [-0.25, -0.2) is 0 Å². The summed E-state index contributed by atoms with van der Waals surface area (Å²) >= 11 is 1.43. The lowest BCUT2D eigenvalue weighted by molar-refractivity contribution is -0.118. The van der Waals surface area contributed by atoms with E-state index < -0.39 is 0 Å². The number of benzene rings is 1. The topological polar surface area (TPSA) is 72.3 Å². The van der Waals surface area contributed by atoms with E-state index in [9.17, 15) is 4.79 Å². The van der Waals surface area contributed by atoms with E-state index in [1.165, 1.54) is 24.6 Å². The Bertz CT molecular complexity index is 799. The van der Waals surface area contributed by atoms with Crippen LogP contribution in [-0.4, -0.2) is 59.3 Å². The Morgan fingerprint density at radius 1 is 1.26 bits per heavy atom. The van der Waals surface area contributed by atoms with Gasteiger partial charge >= 0.3 is 0 Å². The molecule has 1 aromatic carbocycles. The van der Waals surface area contributed by atoms with Crippen LogP contribution in [0.5, 0.6) is 0 Å². The summed E-state index contributed by atoms with van der Waals surface area (Å²) in [6.07, 6.45) is 2.47. The third kappa shape index (κ3) is 4.44. The lowest BCUT2D eigenvalue weighted by Crippen LogP contribution is -2.38.